The molecule has 4 rings (SSSR count). The van der Waals surface area contributed by atoms with Crippen molar-refractivity contribution in [3.05, 3.63) is 57.3 Å². The van der Waals surface area contributed by atoms with Crippen LogP contribution < -0.4 is 5.56 Å². The van der Waals surface area contributed by atoms with Gasteiger partial charge in [0.05, 0.1) is 0 Å². The molecule has 1 aliphatic carbocycles. The molecular weight excluding hydrogens is 366 g/mol. The number of aromatic hydroxyl groups is 1. The summed E-state index contributed by atoms with van der Waals surface area (Å²) >= 11 is 0. The van der Waals surface area contributed by atoms with Crippen molar-refractivity contribution in [2.45, 2.75) is 70.4 Å². The summed E-state index contributed by atoms with van der Waals surface area (Å²) < 4.78 is 1.79. The molecular formula is C23H29N3O3. The first-order chi connectivity index (χ1) is 13.9. The fraction of sp³-hybridized carbons (Fsp3) is 0.522. The number of hydrogen-bond acceptors (Lipinski definition) is 4. The van der Waals surface area contributed by atoms with Gasteiger partial charge in [-0.15, -0.1) is 0 Å². The fourth-order valence-corrected chi connectivity index (χ4v) is 4.93. The van der Waals surface area contributed by atoms with Crippen LogP contribution in [0.5, 0.6) is 5.75 Å². The van der Waals surface area contributed by atoms with Gasteiger partial charge in [-0.3, -0.25) is 9.59 Å². The van der Waals surface area contributed by atoms with Crippen molar-refractivity contribution in [2.24, 2.45) is 0 Å². The molecule has 6 nitrogen and oxygen atoms in total. The number of amides is 1. The first-order valence-electron chi connectivity index (χ1n) is 10.6. The first-order valence-corrected chi connectivity index (χ1v) is 10.6. The number of aryl methyl sites for hydroxylation is 1. The summed E-state index contributed by atoms with van der Waals surface area (Å²) in [5, 5.41) is 10.3. The molecule has 1 amide bonds. The molecule has 1 N–H and O–H groups in total. The SMILES string of the molecule is CCc1cccc(C2(Cc3nc(=O)c(O)c4n3C[C@H](C)N(C)C4=O)CCCC2)c1. The van der Waals surface area contributed by atoms with Gasteiger partial charge in [-0.05, 0) is 37.3 Å². The number of carbonyl (C=O) groups is 1. The maximum Gasteiger partial charge on any atom is 0.315 e. The first kappa shape index (κ1) is 19.7. The number of nitrogens with zero attached hydrogens (tertiary/aromatic N) is 3. The highest BCUT2D eigenvalue weighted by Crippen LogP contribution is 2.44. The average molecular weight is 396 g/mol. The normalized spacial score (nSPS) is 20.7. The predicted octanol–water partition coefficient (Wildman–Crippen LogP) is 3.04. The van der Waals surface area contributed by atoms with Gasteiger partial charge in [0, 0.05) is 31.5 Å². The summed E-state index contributed by atoms with van der Waals surface area (Å²) in [7, 11) is 1.70. The van der Waals surface area contributed by atoms with Crippen molar-refractivity contribution < 1.29 is 9.90 Å². The number of hydrogen-bond donors (Lipinski definition) is 1. The minimum Gasteiger partial charge on any atom is -0.501 e. The van der Waals surface area contributed by atoms with Gasteiger partial charge in [0.25, 0.3) is 5.91 Å². The minimum atomic E-state index is -0.710. The Morgan fingerprint density at radius 3 is 2.66 bits per heavy atom. The molecule has 0 bridgehead atoms. The Hall–Kier alpha value is -2.63. The van der Waals surface area contributed by atoms with E-state index in [1.165, 1.54) is 11.1 Å². The highest BCUT2D eigenvalue weighted by molar-refractivity contribution is 5.95. The van der Waals surface area contributed by atoms with Crippen molar-refractivity contribution in [3.8, 4) is 5.75 Å². The molecule has 1 fully saturated rings. The van der Waals surface area contributed by atoms with Crippen LogP contribution in [0.15, 0.2) is 29.1 Å². The monoisotopic (exact) mass is 395 g/mol. The van der Waals surface area contributed by atoms with Gasteiger partial charge in [0.1, 0.15) is 5.82 Å². The van der Waals surface area contributed by atoms with Crippen LogP contribution in [0.3, 0.4) is 0 Å². The second-order valence-corrected chi connectivity index (χ2v) is 8.62. The summed E-state index contributed by atoms with van der Waals surface area (Å²) in [6.07, 6.45) is 5.94. The molecule has 1 aliphatic heterocycles. The minimum absolute atomic E-state index is 0.0274. The molecule has 1 aromatic heterocycles. The van der Waals surface area contributed by atoms with E-state index in [4.69, 9.17) is 0 Å². The lowest BCUT2D eigenvalue weighted by molar-refractivity contribution is 0.0660. The molecule has 0 saturated heterocycles. The van der Waals surface area contributed by atoms with E-state index in [2.05, 4.69) is 36.2 Å². The van der Waals surface area contributed by atoms with Gasteiger partial charge < -0.3 is 14.6 Å². The van der Waals surface area contributed by atoms with Crippen LogP contribution >= 0.6 is 0 Å². The van der Waals surface area contributed by atoms with Gasteiger partial charge >= 0.3 is 5.56 Å². The summed E-state index contributed by atoms with van der Waals surface area (Å²) in [5.41, 5.74) is 1.88. The average Bonchev–Trinajstić information content (AvgIpc) is 3.19. The third-order valence-corrected chi connectivity index (χ3v) is 6.87. The lowest BCUT2D eigenvalue weighted by atomic mass is 9.75. The van der Waals surface area contributed by atoms with E-state index in [-0.39, 0.29) is 23.1 Å². The Morgan fingerprint density at radius 1 is 1.24 bits per heavy atom. The van der Waals surface area contributed by atoms with Crippen LogP contribution in [0.4, 0.5) is 0 Å². The molecule has 0 unspecified atom stereocenters. The maximum absolute atomic E-state index is 12.8. The molecule has 1 atom stereocenters. The van der Waals surface area contributed by atoms with Crippen molar-refractivity contribution in [3.63, 3.8) is 0 Å². The zero-order valence-electron chi connectivity index (χ0n) is 17.4. The van der Waals surface area contributed by atoms with Crippen LogP contribution in [0.1, 0.15) is 67.0 Å². The zero-order chi connectivity index (χ0) is 20.8. The Morgan fingerprint density at radius 2 is 1.97 bits per heavy atom. The summed E-state index contributed by atoms with van der Waals surface area (Å²) in [4.78, 5) is 31.0. The van der Waals surface area contributed by atoms with Crippen molar-refractivity contribution in [1.29, 1.82) is 0 Å². The number of rotatable bonds is 4. The molecule has 1 saturated carbocycles. The molecule has 0 spiro atoms. The van der Waals surface area contributed by atoms with Crippen LogP contribution in [0, 0.1) is 0 Å². The number of carbonyl (C=O) groups excluding carboxylic acids is 1. The molecule has 0 radical (unpaired) electrons. The quantitative estimate of drug-likeness (QED) is 0.863. The van der Waals surface area contributed by atoms with Crippen LogP contribution in [-0.2, 0) is 24.8 Å². The smallest absolute Gasteiger partial charge is 0.315 e. The Labute approximate surface area is 171 Å². The molecule has 1 aromatic carbocycles. The number of fused-ring (bicyclic) bond motifs is 1. The van der Waals surface area contributed by atoms with E-state index in [1.54, 1.807) is 16.5 Å². The summed E-state index contributed by atoms with van der Waals surface area (Å²) in [5.74, 6) is -0.249. The van der Waals surface area contributed by atoms with Gasteiger partial charge in [0.15, 0.2) is 5.69 Å². The topological polar surface area (TPSA) is 75.4 Å². The maximum atomic E-state index is 12.8. The van der Waals surface area contributed by atoms with E-state index in [0.717, 1.165) is 32.1 Å². The standard InChI is InChI=1S/C23H29N3O3/c1-4-16-8-7-9-17(12-16)23(10-5-6-11-23)13-18-24-21(28)20(27)19-22(29)25(3)15(2)14-26(18)19/h7-9,12,15,27H,4-6,10-11,13-14H2,1-3H3/t15-/m0/s1. The highest BCUT2D eigenvalue weighted by Gasteiger charge is 2.39. The highest BCUT2D eigenvalue weighted by atomic mass is 16.3. The van der Waals surface area contributed by atoms with E-state index in [9.17, 15) is 14.7 Å². The van der Waals surface area contributed by atoms with E-state index in [1.807, 2.05) is 6.92 Å². The second-order valence-electron chi connectivity index (χ2n) is 8.62. The van der Waals surface area contributed by atoms with E-state index >= 15 is 0 Å². The third kappa shape index (κ3) is 3.24. The van der Waals surface area contributed by atoms with E-state index < -0.39 is 11.3 Å². The number of likely N-dealkylation sites (N-methyl/N-ethyl adjacent to an activating group) is 1. The van der Waals surface area contributed by atoms with Crippen molar-refractivity contribution in [1.82, 2.24) is 14.5 Å². The molecule has 2 heterocycles. The predicted molar refractivity (Wildman–Crippen MR) is 111 cm³/mol. The second kappa shape index (κ2) is 7.32. The summed E-state index contributed by atoms with van der Waals surface area (Å²) in [6.45, 7) is 4.65. The largest absolute Gasteiger partial charge is 0.501 e. The van der Waals surface area contributed by atoms with Gasteiger partial charge in [-0.2, -0.15) is 4.98 Å². The number of benzene rings is 1. The fourth-order valence-electron chi connectivity index (χ4n) is 4.93. The van der Waals surface area contributed by atoms with Crippen molar-refractivity contribution in [2.75, 3.05) is 7.05 Å². The van der Waals surface area contributed by atoms with Crippen molar-refractivity contribution >= 4 is 5.91 Å². The van der Waals surface area contributed by atoms with Crippen LogP contribution in [0.2, 0.25) is 0 Å². The Balaban J connectivity index is 1.83. The molecule has 154 valence electrons. The zero-order valence-corrected chi connectivity index (χ0v) is 17.4. The molecule has 2 aliphatic rings. The molecule has 2 aromatic rings. The molecule has 6 heteroatoms. The Kier molecular flexibility index (Phi) is 4.97. The summed E-state index contributed by atoms with van der Waals surface area (Å²) in [6, 6.07) is 8.69. The van der Waals surface area contributed by atoms with Crippen LogP contribution in [0.25, 0.3) is 0 Å². The third-order valence-electron chi connectivity index (χ3n) is 6.87. The van der Waals surface area contributed by atoms with Gasteiger partial charge in [-0.25, -0.2) is 0 Å². The van der Waals surface area contributed by atoms with Gasteiger partial charge in [0.2, 0.25) is 5.75 Å². The lowest BCUT2D eigenvalue weighted by Crippen LogP contribution is -2.47. The molecule has 29 heavy (non-hydrogen) atoms. The Bertz CT molecular complexity index is 1000. The lowest BCUT2D eigenvalue weighted by Gasteiger charge is -2.36. The number of aromatic nitrogens is 2. The van der Waals surface area contributed by atoms with Crippen LogP contribution in [-0.4, -0.2) is 38.6 Å². The van der Waals surface area contributed by atoms with E-state index in [0.29, 0.717) is 18.8 Å². The van der Waals surface area contributed by atoms with Gasteiger partial charge in [-0.1, -0.05) is 44.0 Å².